The molecule has 19 heavy (non-hydrogen) atoms. The Bertz CT molecular complexity index is 440. The number of benzene rings is 1. The number of aliphatic hydroxyl groups is 1. The molecule has 0 radical (unpaired) electrons. The maximum atomic E-state index is 11.9. The van der Waals surface area contributed by atoms with Crippen molar-refractivity contribution in [2.24, 2.45) is 0 Å². The van der Waals surface area contributed by atoms with Gasteiger partial charge in [-0.1, -0.05) is 37.5 Å². The summed E-state index contributed by atoms with van der Waals surface area (Å²) < 4.78 is 0. The largest absolute Gasteiger partial charge is 0.389 e. The molecule has 1 aromatic rings. The third kappa shape index (κ3) is 3.96. The van der Waals surface area contributed by atoms with Gasteiger partial charge in [0, 0.05) is 0 Å². The fourth-order valence-electron chi connectivity index (χ4n) is 2.58. The molecule has 0 aliphatic heterocycles. The summed E-state index contributed by atoms with van der Waals surface area (Å²) in [5, 5.41) is 10.3. The minimum atomic E-state index is -0.810. The number of rotatable bonds is 4. The van der Waals surface area contributed by atoms with E-state index in [2.05, 4.69) is 10.9 Å². The van der Waals surface area contributed by atoms with Crippen molar-refractivity contribution in [2.45, 2.75) is 51.0 Å². The second kappa shape index (κ2) is 6.06. The summed E-state index contributed by atoms with van der Waals surface area (Å²) >= 11 is 0. The van der Waals surface area contributed by atoms with Gasteiger partial charge in [0.05, 0.1) is 17.7 Å². The van der Waals surface area contributed by atoms with Gasteiger partial charge in [0.2, 0.25) is 5.91 Å². The summed E-state index contributed by atoms with van der Waals surface area (Å²) in [7, 11) is 0. The van der Waals surface area contributed by atoms with Gasteiger partial charge in [-0.2, -0.15) is 0 Å². The van der Waals surface area contributed by atoms with Gasteiger partial charge < -0.3 is 5.11 Å². The molecular weight excluding hydrogens is 240 g/mol. The SMILES string of the molecule is Cc1ccccc1NNC(=O)CC1(O)CCCCC1. The number of aryl methyl sites for hydroxylation is 1. The van der Waals surface area contributed by atoms with Crippen molar-refractivity contribution in [3.05, 3.63) is 29.8 Å². The zero-order valence-corrected chi connectivity index (χ0v) is 11.4. The van der Waals surface area contributed by atoms with Crippen LogP contribution in [-0.4, -0.2) is 16.6 Å². The van der Waals surface area contributed by atoms with E-state index in [-0.39, 0.29) is 12.3 Å². The summed E-state index contributed by atoms with van der Waals surface area (Å²) in [4.78, 5) is 11.9. The lowest BCUT2D eigenvalue weighted by Gasteiger charge is -2.31. The monoisotopic (exact) mass is 262 g/mol. The minimum absolute atomic E-state index is 0.160. The molecular formula is C15H22N2O2. The third-order valence-electron chi connectivity index (χ3n) is 3.76. The molecule has 0 atom stereocenters. The molecule has 1 amide bonds. The Morgan fingerprint density at radius 3 is 2.63 bits per heavy atom. The molecule has 1 saturated carbocycles. The first-order valence-corrected chi connectivity index (χ1v) is 6.92. The Morgan fingerprint density at radius 1 is 1.26 bits per heavy atom. The third-order valence-corrected chi connectivity index (χ3v) is 3.76. The molecule has 0 aromatic heterocycles. The second-order valence-electron chi connectivity index (χ2n) is 5.45. The topological polar surface area (TPSA) is 61.4 Å². The first kappa shape index (κ1) is 13.9. The molecule has 0 unspecified atom stereocenters. The summed E-state index contributed by atoms with van der Waals surface area (Å²) in [6, 6.07) is 7.75. The number of nitrogens with one attached hydrogen (secondary N) is 2. The lowest BCUT2D eigenvalue weighted by molar-refractivity contribution is -0.126. The molecule has 0 spiro atoms. The van der Waals surface area contributed by atoms with Gasteiger partial charge in [-0.15, -0.1) is 0 Å². The summed E-state index contributed by atoms with van der Waals surface area (Å²) in [6.07, 6.45) is 4.80. The molecule has 4 nitrogen and oxygen atoms in total. The molecule has 104 valence electrons. The van der Waals surface area contributed by atoms with E-state index < -0.39 is 5.60 Å². The average molecular weight is 262 g/mol. The fourth-order valence-corrected chi connectivity index (χ4v) is 2.58. The number of hydrogen-bond donors (Lipinski definition) is 3. The van der Waals surface area contributed by atoms with Crippen molar-refractivity contribution in [1.29, 1.82) is 0 Å². The van der Waals surface area contributed by atoms with Crippen LogP contribution in [0.3, 0.4) is 0 Å². The Balaban J connectivity index is 1.83. The summed E-state index contributed by atoms with van der Waals surface area (Å²) in [5.74, 6) is -0.160. The molecule has 0 saturated heterocycles. The predicted octanol–water partition coefficient (Wildman–Crippen LogP) is 2.52. The van der Waals surface area contributed by atoms with E-state index in [4.69, 9.17) is 0 Å². The normalized spacial score (nSPS) is 17.8. The molecule has 2 rings (SSSR count). The highest BCUT2D eigenvalue weighted by Crippen LogP contribution is 2.30. The van der Waals surface area contributed by atoms with Gasteiger partial charge in [0.15, 0.2) is 0 Å². The lowest BCUT2D eigenvalue weighted by atomic mass is 9.82. The Labute approximate surface area is 114 Å². The van der Waals surface area contributed by atoms with Crippen LogP contribution in [0.25, 0.3) is 0 Å². The van der Waals surface area contributed by atoms with E-state index in [1.807, 2.05) is 31.2 Å². The first-order chi connectivity index (χ1) is 9.09. The van der Waals surface area contributed by atoms with Crippen LogP contribution in [0.4, 0.5) is 5.69 Å². The van der Waals surface area contributed by atoms with Crippen molar-refractivity contribution in [3.63, 3.8) is 0 Å². The van der Waals surface area contributed by atoms with Crippen molar-refractivity contribution in [3.8, 4) is 0 Å². The van der Waals surface area contributed by atoms with Crippen LogP contribution in [0.15, 0.2) is 24.3 Å². The Morgan fingerprint density at radius 2 is 1.95 bits per heavy atom. The molecule has 0 bridgehead atoms. The fraction of sp³-hybridized carbons (Fsp3) is 0.533. The number of carbonyl (C=O) groups excluding carboxylic acids is 1. The summed E-state index contributed by atoms with van der Waals surface area (Å²) in [5.41, 5.74) is 6.71. The molecule has 0 heterocycles. The van der Waals surface area contributed by atoms with Gasteiger partial charge in [-0.05, 0) is 31.4 Å². The standard InChI is InChI=1S/C15H22N2O2/c1-12-7-3-4-8-13(12)16-17-14(18)11-15(19)9-5-2-6-10-15/h3-4,7-8,16,19H,2,5-6,9-11H2,1H3,(H,17,18). The van der Waals surface area contributed by atoms with Crippen LogP contribution < -0.4 is 10.9 Å². The second-order valence-corrected chi connectivity index (χ2v) is 5.45. The highest BCUT2D eigenvalue weighted by Gasteiger charge is 2.31. The van der Waals surface area contributed by atoms with Crippen LogP contribution in [0.1, 0.15) is 44.1 Å². The van der Waals surface area contributed by atoms with E-state index in [1.165, 1.54) is 0 Å². The molecule has 1 aromatic carbocycles. The van der Waals surface area contributed by atoms with E-state index in [0.717, 1.165) is 43.4 Å². The molecule has 1 aliphatic rings. The number of anilines is 1. The Hall–Kier alpha value is -1.55. The maximum Gasteiger partial charge on any atom is 0.241 e. The zero-order chi connectivity index (χ0) is 13.7. The highest BCUT2D eigenvalue weighted by atomic mass is 16.3. The quantitative estimate of drug-likeness (QED) is 0.731. The smallest absolute Gasteiger partial charge is 0.241 e. The van der Waals surface area contributed by atoms with E-state index in [1.54, 1.807) is 0 Å². The van der Waals surface area contributed by atoms with Gasteiger partial charge >= 0.3 is 0 Å². The number of amides is 1. The predicted molar refractivity (Wildman–Crippen MR) is 75.6 cm³/mol. The van der Waals surface area contributed by atoms with Crippen LogP contribution in [0, 0.1) is 6.92 Å². The molecule has 1 fully saturated rings. The average Bonchev–Trinajstić information content (AvgIpc) is 2.38. The van der Waals surface area contributed by atoms with Crippen molar-refractivity contribution in [2.75, 3.05) is 5.43 Å². The Kier molecular flexibility index (Phi) is 4.43. The van der Waals surface area contributed by atoms with Crippen LogP contribution in [-0.2, 0) is 4.79 Å². The summed E-state index contributed by atoms with van der Waals surface area (Å²) in [6.45, 7) is 1.98. The van der Waals surface area contributed by atoms with Crippen LogP contribution in [0.2, 0.25) is 0 Å². The zero-order valence-electron chi connectivity index (χ0n) is 11.4. The number of carbonyl (C=O) groups is 1. The van der Waals surface area contributed by atoms with Gasteiger partial charge in [0.1, 0.15) is 0 Å². The number of para-hydroxylation sites is 1. The van der Waals surface area contributed by atoms with Gasteiger partial charge in [-0.3, -0.25) is 15.6 Å². The van der Waals surface area contributed by atoms with E-state index in [9.17, 15) is 9.90 Å². The number of hydrazine groups is 1. The highest BCUT2D eigenvalue weighted by molar-refractivity contribution is 5.78. The maximum absolute atomic E-state index is 11.9. The van der Waals surface area contributed by atoms with Crippen molar-refractivity contribution < 1.29 is 9.90 Å². The lowest BCUT2D eigenvalue weighted by Crippen LogP contribution is -2.40. The van der Waals surface area contributed by atoms with Crippen LogP contribution >= 0.6 is 0 Å². The van der Waals surface area contributed by atoms with Gasteiger partial charge in [0.25, 0.3) is 0 Å². The molecule has 4 heteroatoms. The van der Waals surface area contributed by atoms with Gasteiger partial charge in [-0.25, -0.2) is 0 Å². The van der Waals surface area contributed by atoms with E-state index in [0.29, 0.717) is 0 Å². The first-order valence-electron chi connectivity index (χ1n) is 6.92. The molecule has 3 N–H and O–H groups in total. The van der Waals surface area contributed by atoms with Crippen LogP contribution in [0.5, 0.6) is 0 Å². The number of hydrogen-bond acceptors (Lipinski definition) is 3. The van der Waals surface area contributed by atoms with Crippen molar-refractivity contribution in [1.82, 2.24) is 5.43 Å². The molecule has 1 aliphatic carbocycles. The minimum Gasteiger partial charge on any atom is -0.389 e. The van der Waals surface area contributed by atoms with E-state index >= 15 is 0 Å². The van der Waals surface area contributed by atoms with Crippen molar-refractivity contribution >= 4 is 11.6 Å².